The molecule has 3 rings (SSSR count). The number of hydrogen-bond donors (Lipinski definition) is 0. The van der Waals surface area contributed by atoms with Crippen molar-refractivity contribution in [2.24, 2.45) is 0 Å². The average Bonchev–Trinajstić information content (AvgIpc) is 2.92. The Labute approximate surface area is 125 Å². The Kier molecular flexibility index (Phi) is 3.65. The van der Waals surface area contributed by atoms with E-state index in [1.54, 1.807) is 7.11 Å². The molecule has 0 atom stereocenters. The molecule has 0 saturated heterocycles. The minimum absolute atomic E-state index is 0.863. The smallest absolute Gasteiger partial charge is 0.120 e. The molecule has 0 aliphatic carbocycles. The molecule has 1 heterocycles. The standard InChI is InChI=1S/C18H20N2O/c1-4-13-9-10-17-16(11-13)19-18(5-2)20(17)14-7-6-8-15(12-14)21-3/h6-12H,4-5H2,1-3H3. The highest BCUT2D eigenvalue weighted by Crippen LogP contribution is 2.25. The first-order valence-corrected chi connectivity index (χ1v) is 7.41. The van der Waals surface area contributed by atoms with Crippen LogP contribution in [0, 0.1) is 0 Å². The molecule has 1 aromatic heterocycles. The second-order valence-electron chi connectivity index (χ2n) is 5.10. The lowest BCUT2D eigenvalue weighted by atomic mass is 10.1. The van der Waals surface area contributed by atoms with Crippen LogP contribution in [0.15, 0.2) is 42.5 Å². The molecule has 0 aliphatic heterocycles. The maximum absolute atomic E-state index is 5.34. The predicted molar refractivity (Wildman–Crippen MR) is 86.4 cm³/mol. The molecule has 0 bridgehead atoms. The molecule has 108 valence electrons. The van der Waals surface area contributed by atoms with Gasteiger partial charge in [-0.3, -0.25) is 4.57 Å². The summed E-state index contributed by atoms with van der Waals surface area (Å²) in [7, 11) is 1.69. The molecule has 0 aliphatic rings. The summed E-state index contributed by atoms with van der Waals surface area (Å²) in [6.07, 6.45) is 1.93. The van der Waals surface area contributed by atoms with E-state index in [-0.39, 0.29) is 0 Å². The molecule has 0 fully saturated rings. The quantitative estimate of drug-likeness (QED) is 0.717. The molecule has 3 aromatic rings. The van der Waals surface area contributed by atoms with E-state index in [2.05, 4.69) is 42.7 Å². The van der Waals surface area contributed by atoms with Gasteiger partial charge in [-0.25, -0.2) is 4.98 Å². The summed E-state index contributed by atoms with van der Waals surface area (Å²) in [6, 6.07) is 14.7. The van der Waals surface area contributed by atoms with Crippen molar-refractivity contribution < 1.29 is 4.74 Å². The normalized spacial score (nSPS) is 11.0. The molecule has 0 unspecified atom stereocenters. The topological polar surface area (TPSA) is 27.1 Å². The molecule has 3 nitrogen and oxygen atoms in total. The number of ether oxygens (including phenoxy) is 1. The molecule has 0 spiro atoms. The largest absolute Gasteiger partial charge is 0.497 e. The second-order valence-corrected chi connectivity index (χ2v) is 5.10. The Hall–Kier alpha value is -2.29. The van der Waals surface area contributed by atoms with Crippen molar-refractivity contribution in [3.63, 3.8) is 0 Å². The van der Waals surface area contributed by atoms with Crippen LogP contribution in [-0.4, -0.2) is 16.7 Å². The maximum atomic E-state index is 5.34. The van der Waals surface area contributed by atoms with Crippen LogP contribution in [0.2, 0.25) is 0 Å². The van der Waals surface area contributed by atoms with Crippen LogP contribution >= 0.6 is 0 Å². The van der Waals surface area contributed by atoms with E-state index < -0.39 is 0 Å². The van der Waals surface area contributed by atoms with Gasteiger partial charge >= 0.3 is 0 Å². The van der Waals surface area contributed by atoms with Crippen molar-refractivity contribution in [3.8, 4) is 11.4 Å². The summed E-state index contributed by atoms with van der Waals surface area (Å²) < 4.78 is 7.56. The van der Waals surface area contributed by atoms with Crippen molar-refractivity contribution in [2.75, 3.05) is 7.11 Å². The van der Waals surface area contributed by atoms with Gasteiger partial charge in [-0.15, -0.1) is 0 Å². The van der Waals surface area contributed by atoms with Gasteiger partial charge in [0.05, 0.1) is 23.8 Å². The van der Waals surface area contributed by atoms with Gasteiger partial charge in [-0.05, 0) is 36.2 Å². The van der Waals surface area contributed by atoms with Crippen LogP contribution in [-0.2, 0) is 12.8 Å². The molecular weight excluding hydrogens is 260 g/mol. The van der Waals surface area contributed by atoms with Gasteiger partial charge in [0.15, 0.2) is 0 Å². The van der Waals surface area contributed by atoms with Crippen LogP contribution in [0.25, 0.3) is 16.7 Å². The molecule has 3 heteroatoms. The van der Waals surface area contributed by atoms with Crippen LogP contribution in [0.1, 0.15) is 25.2 Å². The fourth-order valence-corrected chi connectivity index (χ4v) is 2.67. The van der Waals surface area contributed by atoms with E-state index in [0.717, 1.165) is 41.1 Å². The molecule has 21 heavy (non-hydrogen) atoms. The number of hydrogen-bond acceptors (Lipinski definition) is 2. The first-order valence-electron chi connectivity index (χ1n) is 7.41. The number of methoxy groups -OCH3 is 1. The highest BCUT2D eigenvalue weighted by Gasteiger charge is 2.12. The Bertz CT molecular complexity index is 774. The third-order valence-electron chi connectivity index (χ3n) is 3.82. The lowest BCUT2D eigenvalue weighted by Crippen LogP contribution is -2.00. The first-order chi connectivity index (χ1) is 10.3. The highest BCUT2D eigenvalue weighted by atomic mass is 16.5. The zero-order valence-electron chi connectivity index (χ0n) is 12.8. The monoisotopic (exact) mass is 280 g/mol. The summed E-state index contributed by atoms with van der Waals surface area (Å²) in [5.41, 5.74) is 4.63. The summed E-state index contributed by atoms with van der Waals surface area (Å²) in [4.78, 5) is 4.79. The van der Waals surface area contributed by atoms with E-state index in [4.69, 9.17) is 9.72 Å². The number of nitrogens with zero attached hydrogens (tertiary/aromatic N) is 2. The van der Waals surface area contributed by atoms with E-state index in [1.165, 1.54) is 5.56 Å². The lowest BCUT2D eigenvalue weighted by Gasteiger charge is -2.10. The maximum Gasteiger partial charge on any atom is 0.120 e. The number of aryl methyl sites for hydroxylation is 2. The van der Waals surface area contributed by atoms with Gasteiger partial charge in [-0.1, -0.05) is 26.0 Å². The molecule has 0 saturated carbocycles. The molecule has 0 amide bonds. The van der Waals surface area contributed by atoms with E-state index in [0.29, 0.717) is 0 Å². The van der Waals surface area contributed by atoms with Crippen molar-refractivity contribution in [2.45, 2.75) is 26.7 Å². The predicted octanol–water partition coefficient (Wildman–Crippen LogP) is 4.16. The van der Waals surface area contributed by atoms with Gasteiger partial charge in [0, 0.05) is 12.5 Å². The average molecular weight is 280 g/mol. The van der Waals surface area contributed by atoms with Gasteiger partial charge in [0.2, 0.25) is 0 Å². The van der Waals surface area contributed by atoms with Crippen LogP contribution in [0.3, 0.4) is 0 Å². The number of benzene rings is 2. The fraction of sp³-hybridized carbons (Fsp3) is 0.278. The Morgan fingerprint density at radius 1 is 1.05 bits per heavy atom. The van der Waals surface area contributed by atoms with E-state index in [1.807, 2.05) is 18.2 Å². The zero-order valence-corrected chi connectivity index (χ0v) is 12.8. The highest BCUT2D eigenvalue weighted by molar-refractivity contribution is 5.79. The van der Waals surface area contributed by atoms with Gasteiger partial charge in [-0.2, -0.15) is 0 Å². The molecule has 0 radical (unpaired) electrons. The summed E-state index contributed by atoms with van der Waals surface area (Å²) in [6.45, 7) is 4.31. The van der Waals surface area contributed by atoms with Gasteiger partial charge < -0.3 is 4.74 Å². The Morgan fingerprint density at radius 3 is 2.62 bits per heavy atom. The van der Waals surface area contributed by atoms with Gasteiger partial charge in [0.1, 0.15) is 11.6 Å². The lowest BCUT2D eigenvalue weighted by molar-refractivity contribution is 0.414. The third kappa shape index (κ3) is 2.40. The summed E-state index contributed by atoms with van der Waals surface area (Å²) in [5, 5.41) is 0. The number of aromatic nitrogens is 2. The van der Waals surface area contributed by atoms with Crippen LogP contribution in [0.4, 0.5) is 0 Å². The Morgan fingerprint density at radius 2 is 1.90 bits per heavy atom. The molecule has 2 aromatic carbocycles. The van der Waals surface area contributed by atoms with Crippen molar-refractivity contribution in [1.29, 1.82) is 0 Å². The first kappa shape index (κ1) is 13.7. The number of rotatable bonds is 4. The molecule has 0 N–H and O–H groups in total. The minimum Gasteiger partial charge on any atom is -0.497 e. The van der Waals surface area contributed by atoms with Crippen LogP contribution in [0.5, 0.6) is 5.75 Å². The number of imidazole rings is 1. The second kappa shape index (κ2) is 5.60. The van der Waals surface area contributed by atoms with Crippen molar-refractivity contribution in [1.82, 2.24) is 9.55 Å². The van der Waals surface area contributed by atoms with E-state index >= 15 is 0 Å². The Balaban J connectivity index is 2.24. The summed E-state index contributed by atoms with van der Waals surface area (Å²) >= 11 is 0. The van der Waals surface area contributed by atoms with Crippen molar-refractivity contribution >= 4 is 11.0 Å². The zero-order chi connectivity index (χ0) is 14.8. The summed E-state index contributed by atoms with van der Waals surface area (Å²) in [5.74, 6) is 1.94. The third-order valence-corrected chi connectivity index (χ3v) is 3.82. The minimum atomic E-state index is 0.863. The fourth-order valence-electron chi connectivity index (χ4n) is 2.67. The number of fused-ring (bicyclic) bond motifs is 1. The molecular formula is C18H20N2O. The van der Waals surface area contributed by atoms with Gasteiger partial charge in [0.25, 0.3) is 0 Å². The van der Waals surface area contributed by atoms with E-state index in [9.17, 15) is 0 Å². The van der Waals surface area contributed by atoms with Crippen molar-refractivity contribution in [3.05, 3.63) is 53.9 Å². The van der Waals surface area contributed by atoms with Crippen LogP contribution < -0.4 is 4.74 Å². The SMILES string of the molecule is CCc1ccc2c(c1)nc(CC)n2-c1cccc(OC)c1.